The molecule has 2 aromatic rings. The van der Waals surface area contributed by atoms with E-state index in [1.54, 1.807) is 18.3 Å². The number of benzene rings is 1. The second-order valence-electron chi connectivity index (χ2n) is 3.27. The van der Waals surface area contributed by atoms with Gasteiger partial charge in [-0.3, -0.25) is 15.1 Å². The Morgan fingerprint density at radius 1 is 1.35 bits per heavy atom. The van der Waals surface area contributed by atoms with Gasteiger partial charge in [-0.25, -0.2) is 0 Å². The van der Waals surface area contributed by atoms with Crippen LogP contribution in [0.5, 0.6) is 11.5 Å². The van der Waals surface area contributed by atoms with E-state index in [1.807, 2.05) is 0 Å². The molecule has 2 rings (SSSR count). The summed E-state index contributed by atoms with van der Waals surface area (Å²) in [4.78, 5) is 13.9. The maximum atomic E-state index is 10.5. The number of nitro benzene ring substituents is 1. The number of aromatic nitrogens is 1. The molecule has 1 heterocycles. The van der Waals surface area contributed by atoms with Gasteiger partial charge in [-0.05, 0) is 18.2 Å². The molecule has 0 saturated carbocycles. The number of nitro groups is 1. The van der Waals surface area contributed by atoms with E-state index < -0.39 is 4.92 Å². The molecule has 0 fully saturated rings. The van der Waals surface area contributed by atoms with E-state index in [4.69, 9.17) is 10.5 Å². The van der Waals surface area contributed by atoms with Gasteiger partial charge in [-0.1, -0.05) is 0 Å². The van der Waals surface area contributed by atoms with Crippen LogP contribution in [0, 0.1) is 10.1 Å². The summed E-state index contributed by atoms with van der Waals surface area (Å²) in [5.74, 6) is 0.886. The van der Waals surface area contributed by atoms with E-state index in [0.717, 1.165) is 0 Å². The van der Waals surface area contributed by atoms with Crippen LogP contribution in [-0.4, -0.2) is 9.91 Å². The minimum absolute atomic E-state index is 0.0685. The van der Waals surface area contributed by atoms with Gasteiger partial charge >= 0.3 is 0 Å². The molecule has 17 heavy (non-hydrogen) atoms. The Balaban J connectivity index is 2.26. The molecule has 0 bridgehead atoms. The lowest BCUT2D eigenvalue weighted by Gasteiger charge is -2.07. The molecular formula is C11H9N3O3. The number of non-ortho nitro benzene ring substituents is 1. The monoisotopic (exact) mass is 231 g/mol. The molecule has 0 aliphatic heterocycles. The zero-order chi connectivity index (χ0) is 12.3. The molecule has 6 nitrogen and oxygen atoms in total. The molecule has 1 aromatic carbocycles. The molecule has 0 aliphatic carbocycles. The maximum Gasteiger partial charge on any atom is 0.271 e. The van der Waals surface area contributed by atoms with Crippen LogP contribution < -0.4 is 10.5 Å². The first-order valence-electron chi connectivity index (χ1n) is 4.78. The van der Waals surface area contributed by atoms with Gasteiger partial charge in [0.05, 0.1) is 16.8 Å². The Morgan fingerprint density at radius 3 is 2.76 bits per heavy atom. The molecule has 0 radical (unpaired) electrons. The number of nitrogen functional groups attached to an aromatic ring is 1. The van der Waals surface area contributed by atoms with Crippen LogP contribution in [0.3, 0.4) is 0 Å². The lowest BCUT2D eigenvalue weighted by molar-refractivity contribution is -0.384. The number of pyridine rings is 1. The van der Waals surface area contributed by atoms with Crippen molar-refractivity contribution in [2.24, 2.45) is 0 Å². The Kier molecular flexibility index (Phi) is 2.87. The number of rotatable bonds is 3. The number of nitrogens with two attached hydrogens (primary N) is 1. The molecule has 0 atom stereocenters. The maximum absolute atomic E-state index is 10.5. The molecule has 1 aromatic heterocycles. The van der Waals surface area contributed by atoms with Gasteiger partial charge in [0, 0.05) is 18.3 Å². The third-order valence-electron chi connectivity index (χ3n) is 2.07. The number of hydrogen-bond acceptors (Lipinski definition) is 5. The lowest BCUT2D eigenvalue weighted by atomic mass is 10.2. The van der Waals surface area contributed by atoms with E-state index in [9.17, 15) is 10.1 Å². The van der Waals surface area contributed by atoms with Crippen molar-refractivity contribution in [2.75, 3.05) is 5.73 Å². The standard InChI is InChI=1S/C11H9N3O3/c12-10-6-8(14(15)16)3-4-11(10)17-9-2-1-5-13-7-9/h1-7H,12H2. The van der Waals surface area contributed by atoms with Gasteiger partial charge in [0.1, 0.15) is 5.75 Å². The fourth-order valence-corrected chi connectivity index (χ4v) is 1.28. The van der Waals surface area contributed by atoms with Gasteiger partial charge in [0.25, 0.3) is 5.69 Å². The smallest absolute Gasteiger partial charge is 0.271 e. The normalized spacial score (nSPS) is 9.88. The molecule has 0 spiro atoms. The first-order valence-corrected chi connectivity index (χ1v) is 4.78. The van der Waals surface area contributed by atoms with E-state index in [2.05, 4.69) is 4.98 Å². The van der Waals surface area contributed by atoms with Crippen LogP contribution >= 0.6 is 0 Å². The fraction of sp³-hybridized carbons (Fsp3) is 0. The number of hydrogen-bond donors (Lipinski definition) is 1. The largest absolute Gasteiger partial charge is 0.454 e. The second-order valence-corrected chi connectivity index (χ2v) is 3.27. The summed E-state index contributed by atoms with van der Waals surface area (Å²) in [6, 6.07) is 7.49. The first kappa shape index (κ1) is 10.9. The van der Waals surface area contributed by atoms with Crippen LogP contribution in [0.25, 0.3) is 0 Å². The number of nitrogens with zero attached hydrogens (tertiary/aromatic N) is 2. The summed E-state index contributed by atoms with van der Waals surface area (Å²) in [5.41, 5.74) is 5.80. The van der Waals surface area contributed by atoms with Gasteiger partial charge in [0.15, 0.2) is 5.75 Å². The Hall–Kier alpha value is -2.63. The number of anilines is 1. The SMILES string of the molecule is Nc1cc([N+](=O)[O-])ccc1Oc1cccnc1. The van der Waals surface area contributed by atoms with Crippen LogP contribution in [0.4, 0.5) is 11.4 Å². The molecule has 0 saturated heterocycles. The fourth-order valence-electron chi connectivity index (χ4n) is 1.28. The lowest BCUT2D eigenvalue weighted by Crippen LogP contribution is -1.95. The van der Waals surface area contributed by atoms with Crippen molar-refractivity contribution in [3.05, 3.63) is 52.8 Å². The summed E-state index contributed by atoms with van der Waals surface area (Å²) >= 11 is 0. The highest BCUT2D eigenvalue weighted by atomic mass is 16.6. The highest BCUT2D eigenvalue weighted by Crippen LogP contribution is 2.29. The molecule has 2 N–H and O–H groups in total. The summed E-state index contributed by atoms with van der Waals surface area (Å²) in [7, 11) is 0. The van der Waals surface area contributed by atoms with Crippen LogP contribution in [-0.2, 0) is 0 Å². The van der Waals surface area contributed by atoms with Crippen molar-refractivity contribution in [1.82, 2.24) is 4.98 Å². The Bertz CT molecular complexity index is 543. The predicted octanol–water partition coefficient (Wildman–Crippen LogP) is 2.36. The van der Waals surface area contributed by atoms with E-state index in [0.29, 0.717) is 11.5 Å². The Morgan fingerprint density at radius 2 is 2.18 bits per heavy atom. The summed E-state index contributed by atoms with van der Waals surface area (Å²) in [5, 5.41) is 10.5. The highest BCUT2D eigenvalue weighted by molar-refractivity contribution is 5.59. The third-order valence-corrected chi connectivity index (χ3v) is 2.07. The molecular weight excluding hydrogens is 222 g/mol. The van der Waals surface area contributed by atoms with Crippen LogP contribution in [0.15, 0.2) is 42.7 Å². The molecule has 0 aliphatic rings. The van der Waals surface area contributed by atoms with Crippen molar-refractivity contribution in [3.63, 3.8) is 0 Å². The average molecular weight is 231 g/mol. The highest BCUT2D eigenvalue weighted by Gasteiger charge is 2.09. The van der Waals surface area contributed by atoms with Crippen molar-refractivity contribution in [1.29, 1.82) is 0 Å². The molecule has 0 unspecified atom stereocenters. The van der Waals surface area contributed by atoms with Crippen molar-refractivity contribution in [2.45, 2.75) is 0 Å². The van der Waals surface area contributed by atoms with Gasteiger partial charge in [-0.15, -0.1) is 0 Å². The van der Waals surface area contributed by atoms with Crippen LogP contribution in [0.1, 0.15) is 0 Å². The zero-order valence-electron chi connectivity index (χ0n) is 8.74. The quantitative estimate of drug-likeness (QED) is 0.497. The minimum atomic E-state index is -0.510. The van der Waals surface area contributed by atoms with Crippen LogP contribution in [0.2, 0.25) is 0 Å². The van der Waals surface area contributed by atoms with Crippen molar-refractivity contribution >= 4 is 11.4 Å². The molecule has 6 heteroatoms. The first-order chi connectivity index (χ1) is 8.16. The summed E-state index contributed by atoms with van der Waals surface area (Å²) in [6.07, 6.45) is 3.15. The summed E-state index contributed by atoms with van der Waals surface area (Å²) in [6.45, 7) is 0. The topological polar surface area (TPSA) is 91.3 Å². The minimum Gasteiger partial charge on any atom is -0.454 e. The molecule has 0 amide bonds. The summed E-state index contributed by atoms with van der Waals surface area (Å²) < 4.78 is 5.43. The van der Waals surface area contributed by atoms with Gasteiger partial charge in [0.2, 0.25) is 0 Å². The van der Waals surface area contributed by atoms with E-state index in [-0.39, 0.29) is 11.4 Å². The van der Waals surface area contributed by atoms with Crippen molar-refractivity contribution < 1.29 is 9.66 Å². The predicted molar refractivity (Wildman–Crippen MR) is 61.8 cm³/mol. The zero-order valence-corrected chi connectivity index (χ0v) is 8.74. The van der Waals surface area contributed by atoms with E-state index >= 15 is 0 Å². The molecule has 86 valence electrons. The van der Waals surface area contributed by atoms with E-state index in [1.165, 1.54) is 24.4 Å². The van der Waals surface area contributed by atoms with Crippen molar-refractivity contribution in [3.8, 4) is 11.5 Å². The number of ether oxygens (including phenoxy) is 1. The second kappa shape index (κ2) is 4.48. The van der Waals surface area contributed by atoms with Gasteiger partial charge < -0.3 is 10.5 Å². The van der Waals surface area contributed by atoms with Gasteiger partial charge in [-0.2, -0.15) is 0 Å². The average Bonchev–Trinajstić information content (AvgIpc) is 2.33. The third kappa shape index (κ3) is 2.49. The Labute approximate surface area is 96.8 Å².